The molecule has 20 heavy (non-hydrogen) atoms. The van der Waals surface area contributed by atoms with E-state index in [-0.39, 0.29) is 11.7 Å². The van der Waals surface area contributed by atoms with E-state index in [0.29, 0.717) is 6.54 Å². The van der Waals surface area contributed by atoms with Crippen LogP contribution in [0, 0.1) is 0 Å². The van der Waals surface area contributed by atoms with Crippen molar-refractivity contribution in [2.75, 3.05) is 11.4 Å². The zero-order valence-electron chi connectivity index (χ0n) is 11.8. The van der Waals surface area contributed by atoms with Gasteiger partial charge in [-0.05, 0) is 37.3 Å². The molecule has 1 aliphatic carbocycles. The number of rotatable bonds is 2. The van der Waals surface area contributed by atoms with Crippen molar-refractivity contribution >= 4 is 11.8 Å². The van der Waals surface area contributed by atoms with Gasteiger partial charge in [0.25, 0.3) is 0 Å². The molecule has 0 bridgehead atoms. The van der Waals surface area contributed by atoms with Gasteiger partial charge in [0.1, 0.15) is 5.60 Å². The Hall–Kier alpha value is -1.55. The van der Waals surface area contributed by atoms with Crippen molar-refractivity contribution in [2.24, 2.45) is 5.73 Å². The van der Waals surface area contributed by atoms with Crippen molar-refractivity contribution in [2.45, 2.75) is 50.7 Å². The lowest BCUT2D eigenvalue weighted by atomic mass is 9.81. The maximum absolute atomic E-state index is 12.4. The second-order valence-corrected chi connectivity index (χ2v) is 5.85. The Labute approximate surface area is 119 Å². The molecule has 1 aromatic rings. The molecule has 4 nitrogen and oxygen atoms in total. The first-order chi connectivity index (χ1) is 9.74. The average molecular weight is 274 g/mol. The summed E-state index contributed by atoms with van der Waals surface area (Å²) in [5.41, 5.74) is 7.45. The summed E-state index contributed by atoms with van der Waals surface area (Å²) in [5.74, 6) is 0. The molecule has 0 unspecified atom stereocenters. The van der Waals surface area contributed by atoms with E-state index < -0.39 is 0 Å². The number of para-hydroxylation sites is 1. The molecule has 2 fully saturated rings. The Balaban J connectivity index is 1.79. The Morgan fingerprint density at radius 1 is 1.15 bits per heavy atom. The summed E-state index contributed by atoms with van der Waals surface area (Å²) < 4.78 is 5.83. The van der Waals surface area contributed by atoms with Gasteiger partial charge in [0.15, 0.2) is 0 Å². The van der Waals surface area contributed by atoms with Crippen LogP contribution in [0.5, 0.6) is 0 Å². The molecule has 0 aromatic heterocycles. The molecule has 0 radical (unpaired) electrons. The first-order valence-corrected chi connectivity index (χ1v) is 7.53. The SMILES string of the molecule is NCc1ccccc1N1CCC2(CCCCC2)OC1=O. The Morgan fingerprint density at radius 3 is 2.60 bits per heavy atom. The fourth-order valence-corrected chi connectivity index (χ4v) is 3.41. The van der Waals surface area contributed by atoms with E-state index in [2.05, 4.69) is 0 Å². The van der Waals surface area contributed by atoms with E-state index in [9.17, 15) is 4.79 Å². The fraction of sp³-hybridized carbons (Fsp3) is 0.562. The third-order valence-corrected chi connectivity index (χ3v) is 4.58. The molecule has 3 rings (SSSR count). The Kier molecular flexibility index (Phi) is 3.66. The van der Waals surface area contributed by atoms with E-state index in [1.54, 1.807) is 4.90 Å². The number of carbonyl (C=O) groups is 1. The second kappa shape index (κ2) is 5.44. The molecule has 1 spiro atoms. The van der Waals surface area contributed by atoms with Gasteiger partial charge in [-0.2, -0.15) is 0 Å². The van der Waals surface area contributed by atoms with Crippen molar-refractivity contribution in [1.29, 1.82) is 0 Å². The summed E-state index contributed by atoms with van der Waals surface area (Å²) in [5, 5.41) is 0. The maximum atomic E-state index is 12.4. The molecular weight excluding hydrogens is 252 g/mol. The average Bonchev–Trinajstić information content (AvgIpc) is 2.48. The zero-order valence-corrected chi connectivity index (χ0v) is 11.8. The molecule has 108 valence electrons. The largest absolute Gasteiger partial charge is 0.442 e. The monoisotopic (exact) mass is 274 g/mol. The second-order valence-electron chi connectivity index (χ2n) is 5.85. The molecule has 4 heteroatoms. The summed E-state index contributed by atoms with van der Waals surface area (Å²) >= 11 is 0. The summed E-state index contributed by atoms with van der Waals surface area (Å²) in [4.78, 5) is 14.1. The predicted molar refractivity (Wildman–Crippen MR) is 78.6 cm³/mol. The predicted octanol–water partition coefficient (Wildman–Crippen LogP) is 3.19. The van der Waals surface area contributed by atoms with Gasteiger partial charge in [0, 0.05) is 19.5 Å². The van der Waals surface area contributed by atoms with E-state index in [1.165, 1.54) is 19.3 Å². The van der Waals surface area contributed by atoms with Crippen LogP contribution < -0.4 is 10.6 Å². The third-order valence-electron chi connectivity index (χ3n) is 4.58. The number of ether oxygens (including phenoxy) is 1. The smallest absolute Gasteiger partial charge is 0.414 e. The van der Waals surface area contributed by atoms with Gasteiger partial charge in [0.2, 0.25) is 0 Å². The number of anilines is 1. The number of benzene rings is 1. The van der Waals surface area contributed by atoms with Crippen LogP contribution in [0.1, 0.15) is 44.1 Å². The summed E-state index contributed by atoms with van der Waals surface area (Å²) in [6, 6.07) is 7.80. The highest BCUT2D eigenvalue weighted by Crippen LogP contribution is 2.39. The molecule has 1 aliphatic heterocycles. The number of hydrogen-bond donors (Lipinski definition) is 1. The van der Waals surface area contributed by atoms with Crippen LogP contribution in [0.4, 0.5) is 10.5 Å². The van der Waals surface area contributed by atoms with Gasteiger partial charge in [-0.1, -0.05) is 24.6 Å². The van der Waals surface area contributed by atoms with Crippen molar-refractivity contribution in [3.05, 3.63) is 29.8 Å². The minimum atomic E-state index is -0.209. The summed E-state index contributed by atoms with van der Waals surface area (Å²) in [7, 11) is 0. The van der Waals surface area contributed by atoms with E-state index >= 15 is 0 Å². The van der Waals surface area contributed by atoms with Gasteiger partial charge >= 0.3 is 6.09 Å². The van der Waals surface area contributed by atoms with Gasteiger partial charge in [-0.15, -0.1) is 0 Å². The third kappa shape index (κ3) is 2.40. The normalized spacial score (nSPS) is 21.9. The lowest BCUT2D eigenvalue weighted by Gasteiger charge is -2.43. The van der Waals surface area contributed by atoms with Crippen LogP contribution in [0.3, 0.4) is 0 Å². The molecule has 2 N–H and O–H groups in total. The highest BCUT2D eigenvalue weighted by atomic mass is 16.6. The minimum absolute atomic E-state index is 0.191. The highest BCUT2D eigenvalue weighted by Gasteiger charge is 2.41. The number of nitrogens with zero attached hydrogens (tertiary/aromatic N) is 1. The minimum Gasteiger partial charge on any atom is -0.442 e. The molecule has 1 heterocycles. The maximum Gasteiger partial charge on any atom is 0.414 e. The summed E-state index contributed by atoms with van der Waals surface area (Å²) in [6.07, 6.45) is 6.37. The van der Waals surface area contributed by atoms with E-state index in [0.717, 1.165) is 37.1 Å². The van der Waals surface area contributed by atoms with E-state index in [1.807, 2.05) is 24.3 Å². The lowest BCUT2D eigenvalue weighted by molar-refractivity contribution is -0.0310. The topological polar surface area (TPSA) is 55.6 Å². The molecule has 1 saturated heterocycles. The lowest BCUT2D eigenvalue weighted by Crippen LogP contribution is -2.50. The van der Waals surface area contributed by atoms with Crippen LogP contribution >= 0.6 is 0 Å². The Morgan fingerprint density at radius 2 is 1.90 bits per heavy atom. The first-order valence-electron chi connectivity index (χ1n) is 7.53. The quantitative estimate of drug-likeness (QED) is 0.901. The first kappa shape index (κ1) is 13.4. The standard InChI is InChI=1S/C16H22N2O2/c17-12-13-6-2-3-7-14(13)18-11-10-16(20-15(18)19)8-4-1-5-9-16/h2-3,6-7H,1,4-5,8-12,17H2. The highest BCUT2D eigenvalue weighted by molar-refractivity contribution is 5.89. The molecular formula is C16H22N2O2. The van der Waals surface area contributed by atoms with Crippen LogP contribution in [-0.2, 0) is 11.3 Å². The fourth-order valence-electron chi connectivity index (χ4n) is 3.41. The molecule has 1 aromatic carbocycles. The van der Waals surface area contributed by atoms with Gasteiger partial charge in [-0.3, -0.25) is 4.90 Å². The van der Waals surface area contributed by atoms with Crippen LogP contribution in [0.2, 0.25) is 0 Å². The van der Waals surface area contributed by atoms with Crippen LogP contribution in [-0.4, -0.2) is 18.2 Å². The van der Waals surface area contributed by atoms with Crippen molar-refractivity contribution in [1.82, 2.24) is 0 Å². The summed E-state index contributed by atoms with van der Waals surface area (Å²) in [6.45, 7) is 1.17. The number of nitrogens with two attached hydrogens (primary N) is 1. The van der Waals surface area contributed by atoms with Gasteiger partial charge < -0.3 is 10.5 Å². The molecule has 2 aliphatic rings. The van der Waals surface area contributed by atoms with Crippen molar-refractivity contribution in [3.63, 3.8) is 0 Å². The zero-order chi connectivity index (χ0) is 14.0. The number of hydrogen-bond acceptors (Lipinski definition) is 3. The van der Waals surface area contributed by atoms with Gasteiger partial charge in [-0.25, -0.2) is 4.79 Å². The molecule has 1 amide bonds. The van der Waals surface area contributed by atoms with Crippen molar-refractivity contribution in [3.8, 4) is 0 Å². The van der Waals surface area contributed by atoms with Crippen LogP contribution in [0.15, 0.2) is 24.3 Å². The number of amides is 1. The van der Waals surface area contributed by atoms with Crippen LogP contribution in [0.25, 0.3) is 0 Å². The molecule has 0 atom stereocenters. The van der Waals surface area contributed by atoms with E-state index in [4.69, 9.17) is 10.5 Å². The number of carbonyl (C=O) groups excluding carboxylic acids is 1. The Bertz CT molecular complexity index is 495. The van der Waals surface area contributed by atoms with Gasteiger partial charge in [0.05, 0.1) is 5.69 Å². The molecule has 1 saturated carbocycles. The van der Waals surface area contributed by atoms with Crippen molar-refractivity contribution < 1.29 is 9.53 Å².